The van der Waals surface area contributed by atoms with Gasteiger partial charge in [-0.2, -0.15) is 0 Å². The maximum Gasteiger partial charge on any atom is 0.254 e. The summed E-state index contributed by atoms with van der Waals surface area (Å²) in [4.78, 5) is 15.7. The summed E-state index contributed by atoms with van der Waals surface area (Å²) in [7, 11) is 0. The van der Waals surface area contributed by atoms with Crippen molar-refractivity contribution in [3.05, 3.63) is 70.4 Å². The molecule has 1 amide bonds. The van der Waals surface area contributed by atoms with Crippen molar-refractivity contribution in [3.8, 4) is 0 Å². The molecule has 0 spiro atoms. The Morgan fingerprint density at radius 2 is 2.12 bits per heavy atom. The number of aliphatic hydroxyl groups is 1. The lowest BCUT2D eigenvalue weighted by Gasteiger charge is -2.33. The van der Waals surface area contributed by atoms with Gasteiger partial charge >= 0.3 is 0 Å². The molecule has 3 nitrogen and oxygen atoms in total. The van der Waals surface area contributed by atoms with Crippen molar-refractivity contribution in [2.24, 2.45) is 5.92 Å². The molecule has 0 saturated heterocycles. The Kier molecular flexibility index (Phi) is 5.17. The van der Waals surface area contributed by atoms with E-state index in [1.165, 1.54) is 11.3 Å². The van der Waals surface area contributed by atoms with E-state index in [0.717, 1.165) is 28.8 Å². The molecule has 0 fully saturated rings. The molecule has 0 radical (unpaired) electrons. The standard InChI is InChI=1S/C20H23NO2S/c1-3-5-12-21-18(15-9-6-7-10-16(15)20(21)23)14(4-2)19(22)17-11-8-13-24-17/h4,6-11,13-14,18-19,22H,2-3,5,12H2,1H3. The van der Waals surface area contributed by atoms with E-state index in [9.17, 15) is 9.90 Å². The second-order valence-electron chi connectivity index (χ2n) is 6.16. The minimum atomic E-state index is -0.657. The van der Waals surface area contributed by atoms with Gasteiger partial charge in [0.25, 0.3) is 5.91 Å². The van der Waals surface area contributed by atoms with Gasteiger partial charge in [0.15, 0.2) is 0 Å². The third kappa shape index (κ3) is 2.92. The Morgan fingerprint density at radius 3 is 2.79 bits per heavy atom. The summed E-state index contributed by atoms with van der Waals surface area (Å²) in [5.74, 6) is -0.164. The number of carbonyl (C=O) groups is 1. The van der Waals surface area contributed by atoms with Gasteiger partial charge in [-0.15, -0.1) is 17.9 Å². The van der Waals surface area contributed by atoms with Crippen LogP contribution in [0, 0.1) is 5.92 Å². The molecule has 2 heterocycles. The molecule has 4 heteroatoms. The van der Waals surface area contributed by atoms with E-state index >= 15 is 0 Å². The molecule has 1 aromatic heterocycles. The molecular weight excluding hydrogens is 318 g/mol. The topological polar surface area (TPSA) is 40.5 Å². The van der Waals surface area contributed by atoms with Gasteiger partial charge in [0.05, 0.1) is 12.1 Å². The van der Waals surface area contributed by atoms with E-state index in [2.05, 4.69) is 13.5 Å². The molecule has 0 bridgehead atoms. The fraction of sp³-hybridized carbons (Fsp3) is 0.350. The van der Waals surface area contributed by atoms with Crippen molar-refractivity contribution >= 4 is 17.2 Å². The third-order valence-electron chi connectivity index (χ3n) is 4.70. The number of hydrogen-bond donors (Lipinski definition) is 1. The monoisotopic (exact) mass is 341 g/mol. The zero-order valence-electron chi connectivity index (χ0n) is 13.9. The first-order valence-electron chi connectivity index (χ1n) is 8.43. The van der Waals surface area contributed by atoms with Crippen LogP contribution in [-0.4, -0.2) is 22.5 Å². The predicted molar refractivity (Wildman–Crippen MR) is 98.1 cm³/mol. The van der Waals surface area contributed by atoms with Gasteiger partial charge in [-0.3, -0.25) is 4.79 Å². The van der Waals surface area contributed by atoms with Gasteiger partial charge < -0.3 is 10.0 Å². The summed E-state index contributed by atoms with van der Waals surface area (Å²) in [6, 6.07) is 11.5. The Morgan fingerprint density at radius 1 is 1.33 bits per heavy atom. The summed E-state index contributed by atoms with van der Waals surface area (Å²) in [6.07, 6.45) is 3.12. The van der Waals surface area contributed by atoms with Crippen molar-refractivity contribution in [2.75, 3.05) is 6.54 Å². The van der Waals surface area contributed by atoms with E-state index in [1.54, 1.807) is 6.08 Å². The fourth-order valence-corrected chi connectivity index (χ4v) is 4.23. The Labute approximate surface area is 147 Å². The van der Waals surface area contributed by atoms with Gasteiger partial charge in [-0.05, 0) is 29.5 Å². The van der Waals surface area contributed by atoms with E-state index in [-0.39, 0.29) is 17.9 Å². The number of rotatable bonds is 7. The van der Waals surface area contributed by atoms with Crippen molar-refractivity contribution in [1.82, 2.24) is 4.90 Å². The van der Waals surface area contributed by atoms with Gasteiger partial charge in [0, 0.05) is 22.9 Å². The molecule has 3 unspecified atom stereocenters. The molecule has 1 N–H and O–H groups in total. The van der Waals surface area contributed by atoms with Crippen LogP contribution in [0.2, 0.25) is 0 Å². The first-order chi connectivity index (χ1) is 11.7. The highest BCUT2D eigenvalue weighted by Gasteiger charge is 2.42. The van der Waals surface area contributed by atoms with Crippen LogP contribution in [0.1, 0.15) is 52.7 Å². The molecule has 24 heavy (non-hydrogen) atoms. The van der Waals surface area contributed by atoms with Crippen LogP contribution >= 0.6 is 11.3 Å². The molecule has 2 aromatic rings. The maximum absolute atomic E-state index is 12.9. The first kappa shape index (κ1) is 16.9. The second-order valence-corrected chi connectivity index (χ2v) is 7.14. The van der Waals surface area contributed by atoms with Crippen LogP contribution in [0.5, 0.6) is 0 Å². The van der Waals surface area contributed by atoms with E-state index < -0.39 is 6.10 Å². The number of aliphatic hydroxyl groups excluding tert-OH is 1. The smallest absolute Gasteiger partial charge is 0.254 e. The summed E-state index contributed by atoms with van der Waals surface area (Å²) in [5, 5.41) is 12.8. The minimum Gasteiger partial charge on any atom is -0.387 e. The van der Waals surface area contributed by atoms with Crippen LogP contribution < -0.4 is 0 Å². The fourth-order valence-electron chi connectivity index (χ4n) is 3.46. The average molecular weight is 341 g/mol. The van der Waals surface area contributed by atoms with Crippen LogP contribution in [0.15, 0.2) is 54.4 Å². The quantitative estimate of drug-likeness (QED) is 0.749. The maximum atomic E-state index is 12.9. The summed E-state index contributed by atoms with van der Waals surface area (Å²) < 4.78 is 0. The normalized spacial score (nSPS) is 19.2. The first-order valence-corrected chi connectivity index (χ1v) is 9.31. The molecular formula is C20H23NO2S. The lowest BCUT2D eigenvalue weighted by atomic mass is 9.87. The third-order valence-corrected chi connectivity index (χ3v) is 5.64. The molecule has 1 aromatic carbocycles. The number of unbranched alkanes of at least 4 members (excludes halogenated alkanes) is 1. The number of thiophene rings is 1. The van der Waals surface area contributed by atoms with E-state index in [1.807, 2.05) is 46.7 Å². The number of hydrogen-bond acceptors (Lipinski definition) is 3. The highest BCUT2D eigenvalue weighted by molar-refractivity contribution is 7.10. The average Bonchev–Trinajstić information content (AvgIpc) is 3.23. The second kappa shape index (κ2) is 7.32. The van der Waals surface area contributed by atoms with Crippen molar-refractivity contribution in [2.45, 2.75) is 31.9 Å². The van der Waals surface area contributed by atoms with Crippen molar-refractivity contribution in [1.29, 1.82) is 0 Å². The number of carbonyl (C=O) groups excluding carboxylic acids is 1. The highest BCUT2D eigenvalue weighted by Crippen LogP contribution is 2.44. The van der Waals surface area contributed by atoms with Crippen LogP contribution in [0.3, 0.4) is 0 Å². The van der Waals surface area contributed by atoms with Gasteiger partial charge in [0.1, 0.15) is 0 Å². The van der Waals surface area contributed by atoms with Gasteiger partial charge in [-0.1, -0.05) is 43.7 Å². The minimum absolute atomic E-state index is 0.0641. The molecule has 1 aliphatic heterocycles. The molecule has 1 aliphatic rings. The van der Waals surface area contributed by atoms with E-state index in [4.69, 9.17) is 0 Å². The zero-order valence-corrected chi connectivity index (χ0v) is 14.7. The highest BCUT2D eigenvalue weighted by atomic mass is 32.1. The molecule has 3 rings (SSSR count). The molecule has 0 saturated carbocycles. The van der Waals surface area contributed by atoms with Crippen molar-refractivity contribution in [3.63, 3.8) is 0 Å². The lowest BCUT2D eigenvalue weighted by Crippen LogP contribution is -2.34. The van der Waals surface area contributed by atoms with Crippen LogP contribution in [0.4, 0.5) is 0 Å². The Bertz CT molecular complexity index is 710. The van der Waals surface area contributed by atoms with Gasteiger partial charge in [0.2, 0.25) is 0 Å². The summed E-state index contributed by atoms with van der Waals surface area (Å²) in [5.41, 5.74) is 1.75. The van der Waals surface area contributed by atoms with Crippen molar-refractivity contribution < 1.29 is 9.90 Å². The number of fused-ring (bicyclic) bond motifs is 1. The van der Waals surface area contributed by atoms with Gasteiger partial charge in [-0.25, -0.2) is 0 Å². The summed E-state index contributed by atoms with van der Waals surface area (Å²) >= 11 is 1.53. The largest absolute Gasteiger partial charge is 0.387 e. The lowest BCUT2D eigenvalue weighted by molar-refractivity contribution is 0.0502. The number of nitrogens with zero attached hydrogens (tertiary/aromatic N) is 1. The zero-order chi connectivity index (χ0) is 17.1. The number of benzene rings is 1. The van der Waals surface area contributed by atoms with E-state index in [0.29, 0.717) is 6.54 Å². The molecule has 126 valence electrons. The Balaban J connectivity index is 2.00. The summed E-state index contributed by atoms with van der Waals surface area (Å²) in [6.45, 7) is 6.78. The number of amides is 1. The SMILES string of the molecule is C=CC(C(O)c1cccs1)C1c2ccccc2C(=O)N1CCCC. The molecule has 0 aliphatic carbocycles. The Hall–Kier alpha value is -1.91. The van der Waals surface area contributed by atoms with Crippen LogP contribution in [-0.2, 0) is 0 Å². The molecule has 3 atom stereocenters. The predicted octanol–water partition coefficient (Wildman–Crippen LogP) is 4.58. The van der Waals surface area contributed by atoms with Crippen LogP contribution in [0.25, 0.3) is 0 Å².